The van der Waals surface area contributed by atoms with Crippen molar-refractivity contribution in [1.82, 2.24) is 4.90 Å². The Bertz CT molecular complexity index is 3420. The van der Waals surface area contributed by atoms with E-state index in [0.717, 1.165) is 0 Å². The molecule has 0 amide bonds. The molecule has 0 aromatic carbocycles. The molecule has 11 heteroatoms. The number of carbonyl (C=O) groups excluding carboxylic acids is 4. The molecular weight excluding hydrogens is 917 g/mol. The summed E-state index contributed by atoms with van der Waals surface area (Å²) in [5, 5.41) is 10.7. The van der Waals surface area contributed by atoms with Gasteiger partial charge in [-0.05, 0) is 243 Å². The summed E-state index contributed by atoms with van der Waals surface area (Å²) in [4.78, 5) is 50.8. The van der Waals surface area contributed by atoms with Gasteiger partial charge in [0.2, 0.25) is 0 Å². The number of hydrogen-bond donors (Lipinski definition) is 2. The fraction of sp³-hybridized carbons (Fsp3) is 0.290. The number of esters is 4. The van der Waals surface area contributed by atoms with Crippen LogP contribution in [0.1, 0.15) is 60.8 Å². The second-order valence-corrected chi connectivity index (χ2v) is 13.7. The minimum Gasteiger partial charge on any atom is -0.463 e. The molecule has 0 radical (unpaired) electrons. The summed E-state index contributed by atoms with van der Waals surface area (Å²) < 4.78 is 21.1. The van der Waals surface area contributed by atoms with Gasteiger partial charge in [0, 0.05) is 55.5 Å². The van der Waals surface area contributed by atoms with Crippen LogP contribution in [-0.2, 0) is 38.1 Å². The number of rotatable bonds is 15. The fourth-order valence-electron chi connectivity index (χ4n) is 4.10. The van der Waals surface area contributed by atoms with Gasteiger partial charge in [-0.3, -0.25) is 14.5 Å². The maximum absolute atomic E-state index is 12.8. The maximum Gasteiger partial charge on any atom is 0.385 e. The highest BCUT2D eigenvalue weighted by Gasteiger charge is 2.24. The third-order valence-electron chi connectivity index (χ3n) is 6.74. The van der Waals surface area contributed by atoms with Crippen LogP contribution < -0.4 is 5.73 Å². The highest BCUT2D eigenvalue weighted by molar-refractivity contribution is 5.90. The molecule has 0 heterocycles. The first-order valence-electron chi connectivity index (χ1n) is 21.0. The SMILES string of the molecule is CC#CC#CC#CC#CC#CC#CC#CC#CC#CC#CC(=O)OCC(CN(CCCCC(N)C(=O)OC(C)(C)C)CC(O)COC(C)=O)OC(=O)C#CC#CC#CC#CC#CC#CC#CC#CC#CC#CC. The maximum atomic E-state index is 12.8. The normalized spacial score (nSPS) is 8.62. The van der Waals surface area contributed by atoms with Gasteiger partial charge >= 0.3 is 23.9 Å². The Kier molecular flexibility index (Phi) is 36.9. The zero-order valence-electron chi connectivity index (χ0n) is 40.6. The summed E-state index contributed by atoms with van der Waals surface area (Å²) in [6.07, 6.45) is -1.11. The minimum absolute atomic E-state index is 0.0677. The average Bonchev–Trinajstić information content (AvgIpc) is 3.34. The van der Waals surface area contributed by atoms with E-state index in [1.165, 1.54) is 6.92 Å². The summed E-state index contributed by atoms with van der Waals surface area (Å²) in [5.41, 5.74) is 5.33. The molecule has 0 aliphatic carbocycles. The van der Waals surface area contributed by atoms with Crippen molar-refractivity contribution in [3.05, 3.63) is 0 Å². The van der Waals surface area contributed by atoms with E-state index in [-0.39, 0.29) is 26.2 Å². The first-order valence-corrected chi connectivity index (χ1v) is 21.0. The lowest BCUT2D eigenvalue weighted by Crippen LogP contribution is -2.43. The quantitative estimate of drug-likeness (QED) is 0.0782. The monoisotopic (exact) mass is 956 g/mol. The van der Waals surface area contributed by atoms with Crippen LogP contribution in [-0.4, -0.2) is 90.6 Å². The van der Waals surface area contributed by atoms with Gasteiger partial charge in [-0.2, -0.15) is 0 Å². The molecule has 0 saturated carbocycles. The number of hydrogen-bond acceptors (Lipinski definition) is 11. The molecule has 11 nitrogen and oxygen atoms in total. The Morgan fingerprint density at radius 2 is 0.849 bits per heavy atom. The molecule has 0 rings (SSSR count). The number of aliphatic hydroxyl groups is 1. The Morgan fingerprint density at radius 1 is 0.493 bits per heavy atom. The Morgan fingerprint density at radius 3 is 1.21 bits per heavy atom. The molecule has 0 aliphatic heterocycles. The van der Waals surface area contributed by atoms with Crippen molar-refractivity contribution >= 4 is 23.9 Å². The van der Waals surface area contributed by atoms with Gasteiger partial charge < -0.3 is 29.8 Å². The molecule has 3 unspecified atom stereocenters. The fourth-order valence-corrected chi connectivity index (χ4v) is 4.10. The molecular formula is C62H40N2O9. The largest absolute Gasteiger partial charge is 0.463 e. The van der Waals surface area contributed by atoms with Crippen molar-refractivity contribution in [2.75, 3.05) is 32.8 Å². The van der Waals surface area contributed by atoms with E-state index in [2.05, 4.69) is 237 Å². The summed E-state index contributed by atoms with van der Waals surface area (Å²) in [6.45, 7) is 8.98. The average molecular weight is 957 g/mol. The zero-order valence-corrected chi connectivity index (χ0v) is 40.6. The van der Waals surface area contributed by atoms with Crippen molar-refractivity contribution < 1.29 is 43.2 Å². The third-order valence-corrected chi connectivity index (χ3v) is 6.74. The van der Waals surface area contributed by atoms with E-state index in [1.807, 2.05) is 0 Å². The lowest BCUT2D eigenvalue weighted by molar-refractivity contribution is -0.156. The summed E-state index contributed by atoms with van der Waals surface area (Å²) in [7, 11) is 0. The molecule has 0 aromatic rings. The Hall–Kier alpha value is -11.0. The molecule has 0 aliphatic rings. The molecule has 352 valence electrons. The van der Waals surface area contributed by atoms with Crippen LogP contribution in [0.5, 0.6) is 0 Å². The number of nitrogens with two attached hydrogens (primary N) is 1. The summed E-state index contributed by atoms with van der Waals surface area (Å²) in [6, 6.07) is -0.874. The number of aliphatic hydroxyl groups excluding tert-OH is 1. The van der Waals surface area contributed by atoms with Crippen LogP contribution in [0.4, 0.5) is 0 Å². The van der Waals surface area contributed by atoms with Crippen LogP contribution in [0.3, 0.4) is 0 Å². The highest BCUT2D eigenvalue weighted by Crippen LogP contribution is 2.11. The lowest BCUT2D eigenvalue weighted by Gasteiger charge is -2.28. The van der Waals surface area contributed by atoms with E-state index in [9.17, 15) is 24.3 Å². The van der Waals surface area contributed by atoms with Crippen LogP contribution in [0.2, 0.25) is 0 Å². The lowest BCUT2D eigenvalue weighted by atomic mass is 10.1. The highest BCUT2D eigenvalue weighted by atomic mass is 16.6. The van der Waals surface area contributed by atoms with Gasteiger partial charge in [-0.15, -0.1) is 0 Å². The summed E-state index contributed by atoms with van der Waals surface area (Å²) >= 11 is 0. The third kappa shape index (κ3) is 44.6. The van der Waals surface area contributed by atoms with Crippen molar-refractivity contribution in [3.63, 3.8) is 0 Å². The molecule has 0 spiro atoms. The minimum atomic E-state index is -1.17. The molecule has 0 aromatic heterocycles. The van der Waals surface area contributed by atoms with Crippen molar-refractivity contribution in [3.8, 4) is 237 Å². The second kappa shape index (κ2) is 43.5. The Labute approximate surface area is 430 Å². The van der Waals surface area contributed by atoms with Crippen molar-refractivity contribution in [2.24, 2.45) is 5.73 Å². The van der Waals surface area contributed by atoms with Gasteiger partial charge in [0.1, 0.15) is 37.1 Å². The Balaban J connectivity index is 6.07. The van der Waals surface area contributed by atoms with Crippen molar-refractivity contribution in [1.29, 1.82) is 0 Å². The van der Waals surface area contributed by atoms with Crippen molar-refractivity contribution in [2.45, 2.75) is 84.7 Å². The van der Waals surface area contributed by atoms with E-state index in [1.54, 1.807) is 39.5 Å². The number of ether oxygens (including phenoxy) is 4. The number of carbonyl (C=O) groups is 4. The van der Waals surface area contributed by atoms with Gasteiger partial charge in [0.05, 0.1) is 0 Å². The van der Waals surface area contributed by atoms with E-state index < -0.39 is 54.3 Å². The van der Waals surface area contributed by atoms with E-state index in [4.69, 9.17) is 24.7 Å². The van der Waals surface area contributed by atoms with Gasteiger partial charge in [0.25, 0.3) is 0 Å². The number of nitrogens with zero attached hydrogens (tertiary/aromatic N) is 1. The van der Waals surface area contributed by atoms with E-state index in [0.29, 0.717) is 19.3 Å². The van der Waals surface area contributed by atoms with E-state index >= 15 is 0 Å². The standard InChI is InChI=1S/C62H40N2O9/c1-7-9-11-13-15-17-19-21-23-25-27-29-31-33-35-37-39-41-43-48-59(67)71-54-57(52-64(51-56(66)53-70-55(3)65)50-46-45-47-58(63)61(69)73-62(4,5)6)72-60(68)49-44-42-40-38-36-34-32-30-28-26-24-22-20-18-16-14-12-10-8-2/h56-58,66H,45-47,50-54,63H2,1-6H3. The molecule has 3 N–H and O–H groups in total. The molecule has 0 fully saturated rings. The second-order valence-electron chi connectivity index (χ2n) is 13.7. The van der Waals surface area contributed by atoms with Gasteiger partial charge in [0.15, 0.2) is 0 Å². The van der Waals surface area contributed by atoms with Gasteiger partial charge in [-0.25, -0.2) is 9.59 Å². The predicted molar refractivity (Wildman–Crippen MR) is 274 cm³/mol. The van der Waals surface area contributed by atoms with Gasteiger partial charge in [-0.1, -0.05) is 18.3 Å². The van der Waals surface area contributed by atoms with Crippen LogP contribution >= 0.6 is 0 Å². The summed E-state index contributed by atoms with van der Waals surface area (Å²) in [5.74, 6) is 95.0. The molecule has 0 saturated heterocycles. The predicted octanol–water partition coefficient (Wildman–Crippen LogP) is 0.614. The number of unbranched alkanes of at least 4 members (excludes halogenated alkanes) is 1. The molecule has 73 heavy (non-hydrogen) atoms. The van der Waals surface area contributed by atoms with Crippen LogP contribution in [0.15, 0.2) is 0 Å². The first-order chi connectivity index (χ1) is 35.3. The zero-order chi connectivity index (χ0) is 53.9. The molecule has 3 atom stereocenters. The first kappa shape index (κ1) is 62.0. The molecule has 0 bridgehead atoms. The topological polar surface area (TPSA) is 155 Å². The van der Waals surface area contributed by atoms with Crippen LogP contribution in [0.25, 0.3) is 0 Å². The van der Waals surface area contributed by atoms with Crippen LogP contribution in [0, 0.1) is 237 Å². The smallest absolute Gasteiger partial charge is 0.385 e.